The number of ether oxygens (including phenoxy) is 2. The lowest BCUT2D eigenvalue weighted by Gasteiger charge is -2.13. The average Bonchev–Trinajstić information content (AvgIpc) is 3.25. The van der Waals surface area contributed by atoms with Crippen LogP contribution in [0.1, 0.15) is 47.3 Å². The Morgan fingerprint density at radius 3 is 2.47 bits per heavy atom. The van der Waals surface area contributed by atoms with Crippen LogP contribution in [0.15, 0.2) is 60.7 Å². The third kappa shape index (κ3) is 7.15. The number of fused-ring (bicyclic) bond motifs is 1. The van der Waals surface area contributed by atoms with E-state index in [0.717, 1.165) is 71.7 Å². The number of para-hydroxylation sites is 3. The van der Waals surface area contributed by atoms with E-state index < -0.39 is 0 Å². The molecule has 4 aromatic rings. The van der Waals surface area contributed by atoms with Gasteiger partial charge in [-0.2, -0.15) is 0 Å². The number of aromatic nitrogens is 2. The zero-order chi connectivity index (χ0) is 26.9. The fraction of sp³-hybridized carbons (Fsp3) is 0.375. The van der Waals surface area contributed by atoms with Gasteiger partial charge in [-0.1, -0.05) is 42.5 Å². The molecule has 6 nitrogen and oxygen atoms in total. The van der Waals surface area contributed by atoms with Crippen LogP contribution in [0.3, 0.4) is 0 Å². The predicted molar refractivity (Wildman–Crippen MR) is 153 cm³/mol. The van der Waals surface area contributed by atoms with Gasteiger partial charge in [0.05, 0.1) is 17.6 Å². The topological polar surface area (TPSA) is 65.4 Å². The zero-order valence-corrected chi connectivity index (χ0v) is 23.0. The molecule has 4 rings (SSSR count). The molecule has 1 aromatic heterocycles. The summed E-state index contributed by atoms with van der Waals surface area (Å²) in [6.45, 7) is 10.4. The molecule has 38 heavy (non-hydrogen) atoms. The zero-order valence-electron chi connectivity index (χ0n) is 23.0. The highest BCUT2D eigenvalue weighted by atomic mass is 16.5. The molecule has 200 valence electrons. The number of imidazole rings is 1. The van der Waals surface area contributed by atoms with Crippen molar-refractivity contribution >= 4 is 16.9 Å². The number of hydrogen-bond donors (Lipinski definition) is 1. The van der Waals surface area contributed by atoms with E-state index in [-0.39, 0.29) is 12.5 Å². The van der Waals surface area contributed by atoms with Crippen molar-refractivity contribution in [3.63, 3.8) is 0 Å². The average molecular weight is 514 g/mol. The van der Waals surface area contributed by atoms with Crippen molar-refractivity contribution < 1.29 is 14.3 Å². The highest BCUT2D eigenvalue weighted by Crippen LogP contribution is 2.23. The number of amides is 1. The number of nitrogens with zero attached hydrogens (tertiary/aromatic N) is 2. The van der Waals surface area contributed by atoms with E-state index in [0.29, 0.717) is 13.2 Å². The van der Waals surface area contributed by atoms with E-state index >= 15 is 0 Å². The largest absolute Gasteiger partial charge is 0.493 e. The number of aryl methyl sites for hydroxylation is 6. The molecule has 0 aliphatic carbocycles. The van der Waals surface area contributed by atoms with Gasteiger partial charge in [0, 0.05) is 19.5 Å². The molecule has 0 fully saturated rings. The summed E-state index contributed by atoms with van der Waals surface area (Å²) in [6.07, 6.45) is 3.58. The van der Waals surface area contributed by atoms with Crippen molar-refractivity contribution in [3.8, 4) is 11.5 Å². The van der Waals surface area contributed by atoms with Crippen molar-refractivity contribution in [3.05, 3.63) is 88.7 Å². The van der Waals surface area contributed by atoms with Crippen LogP contribution in [-0.4, -0.2) is 35.2 Å². The van der Waals surface area contributed by atoms with Crippen molar-refractivity contribution in [1.29, 1.82) is 0 Å². The number of rotatable bonds is 13. The Kier molecular flexibility index (Phi) is 9.41. The first-order chi connectivity index (χ1) is 18.4. The quantitative estimate of drug-likeness (QED) is 0.214. The van der Waals surface area contributed by atoms with Gasteiger partial charge in [0.25, 0.3) is 5.91 Å². The van der Waals surface area contributed by atoms with Crippen LogP contribution in [0.5, 0.6) is 11.5 Å². The summed E-state index contributed by atoms with van der Waals surface area (Å²) in [4.78, 5) is 17.2. The van der Waals surface area contributed by atoms with E-state index in [1.807, 2.05) is 38.1 Å². The molecule has 6 heteroatoms. The SMILES string of the molecule is Cc1ccc(C)c(OCC(=O)NCCCc2nc3ccccc3n2CCCCOc2c(C)cccc2C)c1. The molecule has 0 unspecified atom stereocenters. The van der Waals surface area contributed by atoms with Crippen LogP contribution in [0.2, 0.25) is 0 Å². The number of carbonyl (C=O) groups is 1. The molecule has 3 aromatic carbocycles. The van der Waals surface area contributed by atoms with Gasteiger partial charge >= 0.3 is 0 Å². The van der Waals surface area contributed by atoms with Gasteiger partial charge in [0.1, 0.15) is 17.3 Å². The lowest BCUT2D eigenvalue weighted by molar-refractivity contribution is -0.123. The number of nitrogens with one attached hydrogen (secondary N) is 1. The first kappa shape index (κ1) is 27.2. The van der Waals surface area contributed by atoms with E-state index in [2.05, 4.69) is 60.1 Å². The number of hydrogen-bond acceptors (Lipinski definition) is 4. The molecule has 1 heterocycles. The molecule has 0 radical (unpaired) electrons. The van der Waals surface area contributed by atoms with Crippen molar-refractivity contribution in [2.75, 3.05) is 19.8 Å². The molecule has 0 aliphatic rings. The highest BCUT2D eigenvalue weighted by molar-refractivity contribution is 5.77. The third-order valence-electron chi connectivity index (χ3n) is 6.77. The van der Waals surface area contributed by atoms with Crippen LogP contribution in [-0.2, 0) is 17.8 Å². The predicted octanol–water partition coefficient (Wildman–Crippen LogP) is 6.26. The fourth-order valence-corrected chi connectivity index (χ4v) is 4.67. The van der Waals surface area contributed by atoms with Crippen LogP contribution in [0.4, 0.5) is 0 Å². The Bertz CT molecular complexity index is 1360. The summed E-state index contributed by atoms with van der Waals surface area (Å²) in [6, 6.07) is 20.5. The van der Waals surface area contributed by atoms with Gasteiger partial charge < -0.3 is 19.4 Å². The molecule has 0 saturated heterocycles. The lowest BCUT2D eigenvalue weighted by atomic mass is 10.1. The van der Waals surface area contributed by atoms with Crippen molar-refractivity contribution in [2.45, 2.75) is 59.9 Å². The van der Waals surface area contributed by atoms with Gasteiger partial charge in [0.15, 0.2) is 6.61 Å². The van der Waals surface area contributed by atoms with Gasteiger partial charge in [-0.15, -0.1) is 0 Å². The maximum atomic E-state index is 12.3. The molecule has 1 N–H and O–H groups in total. The second kappa shape index (κ2) is 13.1. The first-order valence-corrected chi connectivity index (χ1v) is 13.5. The van der Waals surface area contributed by atoms with E-state index in [1.165, 1.54) is 11.1 Å². The highest BCUT2D eigenvalue weighted by Gasteiger charge is 2.11. The van der Waals surface area contributed by atoms with Crippen molar-refractivity contribution in [2.24, 2.45) is 0 Å². The van der Waals surface area contributed by atoms with Crippen LogP contribution >= 0.6 is 0 Å². The van der Waals surface area contributed by atoms with Gasteiger partial charge in [-0.25, -0.2) is 4.98 Å². The van der Waals surface area contributed by atoms with Crippen molar-refractivity contribution in [1.82, 2.24) is 14.9 Å². The first-order valence-electron chi connectivity index (χ1n) is 13.5. The number of unbranched alkanes of at least 4 members (excludes halogenated alkanes) is 1. The smallest absolute Gasteiger partial charge is 0.257 e. The minimum absolute atomic E-state index is 0.0207. The standard InChI is InChI=1S/C32H39N3O3/c1-23-16-17-24(2)29(21-23)38-22-31(36)33-18-10-15-30-34-27-13-5-6-14-28(27)35(30)19-7-8-20-37-32-25(3)11-9-12-26(32)4/h5-6,9,11-14,16-17,21H,7-8,10,15,18-20,22H2,1-4H3,(H,33,36). The number of benzene rings is 3. The van der Waals surface area contributed by atoms with Crippen LogP contribution in [0.25, 0.3) is 11.0 Å². The lowest BCUT2D eigenvalue weighted by Crippen LogP contribution is -2.30. The minimum atomic E-state index is -0.108. The summed E-state index contributed by atoms with van der Waals surface area (Å²) in [5.74, 6) is 2.71. The molecule has 0 atom stereocenters. The second-order valence-electron chi connectivity index (χ2n) is 9.96. The summed E-state index contributed by atoms with van der Waals surface area (Å²) >= 11 is 0. The monoisotopic (exact) mass is 513 g/mol. The van der Waals surface area contributed by atoms with Gasteiger partial charge in [-0.3, -0.25) is 4.79 Å². The summed E-state index contributed by atoms with van der Waals surface area (Å²) in [7, 11) is 0. The molecule has 0 bridgehead atoms. The molecule has 0 spiro atoms. The molecular formula is C32H39N3O3. The number of carbonyl (C=O) groups excluding carboxylic acids is 1. The molecule has 0 aliphatic heterocycles. The Labute approximate surface area is 226 Å². The van der Waals surface area contributed by atoms with Gasteiger partial charge in [0.2, 0.25) is 0 Å². The Balaban J connectivity index is 1.25. The maximum Gasteiger partial charge on any atom is 0.257 e. The van der Waals surface area contributed by atoms with Crippen LogP contribution in [0, 0.1) is 27.7 Å². The Morgan fingerprint density at radius 1 is 0.868 bits per heavy atom. The minimum Gasteiger partial charge on any atom is -0.493 e. The van der Waals surface area contributed by atoms with E-state index in [9.17, 15) is 4.79 Å². The summed E-state index contributed by atoms with van der Waals surface area (Å²) in [5, 5.41) is 2.98. The molecular weight excluding hydrogens is 474 g/mol. The Hall–Kier alpha value is -3.80. The summed E-state index contributed by atoms with van der Waals surface area (Å²) < 4.78 is 14.1. The Morgan fingerprint density at radius 2 is 1.66 bits per heavy atom. The van der Waals surface area contributed by atoms with Gasteiger partial charge in [-0.05, 0) is 87.4 Å². The molecule has 1 amide bonds. The maximum absolute atomic E-state index is 12.3. The van der Waals surface area contributed by atoms with Crippen LogP contribution < -0.4 is 14.8 Å². The normalized spacial score (nSPS) is 11.1. The molecule has 0 saturated carbocycles. The summed E-state index contributed by atoms with van der Waals surface area (Å²) in [5.41, 5.74) is 6.67. The van der Waals surface area contributed by atoms with E-state index in [4.69, 9.17) is 14.5 Å². The van der Waals surface area contributed by atoms with E-state index in [1.54, 1.807) is 0 Å². The second-order valence-corrected chi connectivity index (χ2v) is 9.96. The third-order valence-corrected chi connectivity index (χ3v) is 6.77. The fourth-order valence-electron chi connectivity index (χ4n) is 4.67.